The van der Waals surface area contributed by atoms with Crippen LogP contribution in [0.4, 0.5) is 5.69 Å². The van der Waals surface area contributed by atoms with Crippen molar-refractivity contribution in [2.45, 2.75) is 6.10 Å². The molecule has 3 N–H and O–H groups in total. The number of phenolic OH excluding ortho intramolecular Hbond substituents is 1. The van der Waals surface area contributed by atoms with Crippen molar-refractivity contribution in [1.82, 2.24) is 0 Å². The van der Waals surface area contributed by atoms with E-state index in [2.05, 4.69) is 5.32 Å². The van der Waals surface area contributed by atoms with Crippen LogP contribution in [0.2, 0.25) is 0 Å². The molecule has 1 unspecified atom stereocenters. The highest BCUT2D eigenvalue weighted by Gasteiger charge is 2.07. The molecule has 0 aliphatic heterocycles. The van der Waals surface area contributed by atoms with Crippen LogP contribution in [-0.2, 0) is 0 Å². The van der Waals surface area contributed by atoms with Crippen LogP contribution in [0.25, 0.3) is 0 Å². The van der Waals surface area contributed by atoms with Crippen LogP contribution in [0.5, 0.6) is 11.5 Å². The molecule has 0 bridgehead atoms. The topological polar surface area (TPSA) is 61.7 Å². The van der Waals surface area contributed by atoms with Crippen LogP contribution < -0.4 is 10.1 Å². The Hall–Kier alpha value is -2.20. The molecule has 0 aliphatic rings. The number of aromatic hydroxyl groups is 1. The van der Waals surface area contributed by atoms with E-state index in [1.165, 1.54) is 0 Å². The number of ether oxygens (including phenoxy) is 1. The first-order valence-corrected chi connectivity index (χ1v) is 6.04. The summed E-state index contributed by atoms with van der Waals surface area (Å²) in [7, 11) is 1.62. The van der Waals surface area contributed by atoms with E-state index in [4.69, 9.17) is 4.74 Å². The summed E-state index contributed by atoms with van der Waals surface area (Å²) in [6.07, 6.45) is -0.622. The van der Waals surface area contributed by atoms with Gasteiger partial charge in [-0.1, -0.05) is 12.1 Å². The zero-order chi connectivity index (χ0) is 13.7. The number of anilines is 1. The van der Waals surface area contributed by atoms with Crippen LogP contribution in [0, 0.1) is 0 Å². The molecule has 2 aromatic carbocycles. The summed E-state index contributed by atoms with van der Waals surface area (Å²) in [6, 6.07) is 14.0. The molecule has 0 fully saturated rings. The summed E-state index contributed by atoms with van der Waals surface area (Å²) < 4.78 is 5.07. The van der Waals surface area contributed by atoms with Gasteiger partial charge < -0.3 is 20.3 Å². The van der Waals surface area contributed by atoms with Gasteiger partial charge in [0.25, 0.3) is 0 Å². The second-order valence-corrected chi connectivity index (χ2v) is 4.22. The minimum atomic E-state index is -0.622. The first kappa shape index (κ1) is 13.2. The molecule has 0 aromatic heterocycles. The molecule has 0 aliphatic carbocycles. The molecule has 4 heteroatoms. The van der Waals surface area contributed by atoms with Gasteiger partial charge >= 0.3 is 0 Å². The molecule has 0 spiro atoms. The Morgan fingerprint density at radius 1 is 1.05 bits per heavy atom. The number of phenols is 1. The van der Waals surface area contributed by atoms with Gasteiger partial charge in [-0.2, -0.15) is 0 Å². The Labute approximate surface area is 112 Å². The van der Waals surface area contributed by atoms with Gasteiger partial charge in [-0.3, -0.25) is 0 Å². The van der Waals surface area contributed by atoms with Crippen molar-refractivity contribution in [3.63, 3.8) is 0 Å². The van der Waals surface area contributed by atoms with Crippen LogP contribution in [0.3, 0.4) is 0 Å². The zero-order valence-corrected chi connectivity index (χ0v) is 10.7. The van der Waals surface area contributed by atoms with E-state index >= 15 is 0 Å². The molecule has 19 heavy (non-hydrogen) atoms. The van der Waals surface area contributed by atoms with Crippen molar-refractivity contribution in [3.05, 3.63) is 54.1 Å². The van der Waals surface area contributed by atoms with Crippen molar-refractivity contribution in [1.29, 1.82) is 0 Å². The summed E-state index contributed by atoms with van der Waals surface area (Å²) in [5.41, 5.74) is 1.68. The summed E-state index contributed by atoms with van der Waals surface area (Å²) in [6.45, 7) is 0.400. The summed E-state index contributed by atoms with van der Waals surface area (Å²) >= 11 is 0. The van der Waals surface area contributed by atoms with E-state index in [-0.39, 0.29) is 5.75 Å². The Balaban J connectivity index is 1.92. The first-order chi connectivity index (χ1) is 9.19. The van der Waals surface area contributed by atoms with Crippen molar-refractivity contribution < 1.29 is 14.9 Å². The maximum Gasteiger partial charge on any atom is 0.119 e. The van der Waals surface area contributed by atoms with Gasteiger partial charge in [0, 0.05) is 12.2 Å². The smallest absolute Gasteiger partial charge is 0.119 e. The van der Waals surface area contributed by atoms with Crippen molar-refractivity contribution in [2.24, 2.45) is 0 Å². The fourth-order valence-corrected chi connectivity index (χ4v) is 1.74. The maximum atomic E-state index is 10.0. The van der Waals surface area contributed by atoms with Gasteiger partial charge in [0.1, 0.15) is 11.5 Å². The SMILES string of the molecule is COc1ccc(NCC(O)c2ccc(O)cc2)cc1. The summed E-state index contributed by atoms with van der Waals surface area (Å²) in [5, 5.41) is 22.3. The first-order valence-electron chi connectivity index (χ1n) is 6.04. The standard InChI is InChI=1S/C15H17NO3/c1-19-14-8-4-12(5-9-14)16-10-15(18)11-2-6-13(17)7-3-11/h2-9,15-18H,10H2,1H3. The average Bonchev–Trinajstić information content (AvgIpc) is 2.46. The van der Waals surface area contributed by atoms with E-state index < -0.39 is 6.10 Å². The lowest BCUT2D eigenvalue weighted by Crippen LogP contribution is -2.11. The monoisotopic (exact) mass is 259 g/mol. The molecule has 0 radical (unpaired) electrons. The molecule has 2 rings (SSSR count). The number of methoxy groups -OCH3 is 1. The quantitative estimate of drug-likeness (QED) is 0.772. The normalized spacial score (nSPS) is 11.9. The van der Waals surface area contributed by atoms with Crippen LogP contribution >= 0.6 is 0 Å². The van der Waals surface area contributed by atoms with Gasteiger partial charge in [0.15, 0.2) is 0 Å². The van der Waals surface area contributed by atoms with Gasteiger partial charge in [-0.15, -0.1) is 0 Å². The molecule has 1 atom stereocenters. The Morgan fingerprint density at radius 3 is 2.26 bits per heavy atom. The third-order valence-corrected chi connectivity index (χ3v) is 2.87. The van der Waals surface area contributed by atoms with Gasteiger partial charge in [0.05, 0.1) is 13.2 Å². The molecule has 0 saturated carbocycles. The predicted molar refractivity (Wildman–Crippen MR) is 74.6 cm³/mol. The third-order valence-electron chi connectivity index (χ3n) is 2.87. The third kappa shape index (κ3) is 3.63. The molecule has 0 amide bonds. The number of aliphatic hydroxyl groups is 1. The maximum absolute atomic E-state index is 10.0. The van der Waals surface area contributed by atoms with E-state index in [1.807, 2.05) is 24.3 Å². The number of hydrogen-bond acceptors (Lipinski definition) is 4. The Morgan fingerprint density at radius 2 is 1.68 bits per heavy atom. The zero-order valence-electron chi connectivity index (χ0n) is 10.7. The van der Waals surface area contributed by atoms with Crippen molar-refractivity contribution in [2.75, 3.05) is 19.0 Å². The van der Waals surface area contributed by atoms with Gasteiger partial charge in [-0.05, 0) is 42.0 Å². The molecule has 100 valence electrons. The van der Waals surface area contributed by atoms with E-state index in [9.17, 15) is 10.2 Å². The minimum Gasteiger partial charge on any atom is -0.508 e. The second kappa shape index (κ2) is 6.11. The lowest BCUT2D eigenvalue weighted by Gasteiger charge is -2.13. The Bertz CT molecular complexity index is 508. The molecule has 4 nitrogen and oxygen atoms in total. The number of aliphatic hydroxyl groups excluding tert-OH is 1. The number of nitrogens with one attached hydrogen (secondary N) is 1. The average molecular weight is 259 g/mol. The van der Waals surface area contributed by atoms with E-state index in [1.54, 1.807) is 31.4 Å². The lowest BCUT2D eigenvalue weighted by molar-refractivity contribution is 0.191. The van der Waals surface area contributed by atoms with E-state index in [0.717, 1.165) is 17.0 Å². The van der Waals surface area contributed by atoms with Crippen molar-refractivity contribution in [3.8, 4) is 11.5 Å². The molecular formula is C15H17NO3. The van der Waals surface area contributed by atoms with Crippen LogP contribution in [0.1, 0.15) is 11.7 Å². The highest BCUT2D eigenvalue weighted by molar-refractivity contribution is 5.46. The van der Waals surface area contributed by atoms with Crippen LogP contribution in [-0.4, -0.2) is 23.9 Å². The summed E-state index contributed by atoms with van der Waals surface area (Å²) in [5.74, 6) is 0.990. The van der Waals surface area contributed by atoms with Crippen LogP contribution in [0.15, 0.2) is 48.5 Å². The number of benzene rings is 2. The molecule has 0 heterocycles. The predicted octanol–water partition coefficient (Wildman–Crippen LogP) is 2.55. The second-order valence-electron chi connectivity index (χ2n) is 4.22. The molecule has 0 saturated heterocycles. The fraction of sp³-hybridized carbons (Fsp3) is 0.200. The molecule has 2 aromatic rings. The fourth-order valence-electron chi connectivity index (χ4n) is 1.74. The molecular weight excluding hydrogens is 242 g/mol. The minimum absolute atomic E-state index is 0.194. The highest BCUT2D eigenvalue weighted by Crippen LogP contribution is 2.19. The lowest BCUT2D eigenvalue weighted by atomic mass is 10.1. The van der Waals surface area contributed by atoms with Crippen molar-refractivity contribution >= 4 is 5.69 Å². The van der Waals surface area contributed by atoms with Gasteiger partial charge in [0.2, 0.25) is 0 Å². The highest BCUT2D eigenvalue weighted by atomic mass is 16.5. The van der Waals surface area contributed by atoms with Gasteiger partial charge in [-0.25, -0.2) is 0 Å². The van der Waals surface area contributed by atoms with E-state index in [0.29, 0.717) is 6.54 Å². The summed E-state index contributed by atoms with van der Waals surface area (Å²) in [4.78, 5) is 0. The number of hydrogen-bond donors (Lipinski definition) is 3. The number of rotatable bonds is 5. The largest absolute Gasteiger partial charge is 0.508 e. The Kier molecular flexibility index (Phi) is 4.26.